The maximum absolute atomic E-state index is 5.29. The molecule has 0 aliphatic carbocycles. The van der Waals surface area contributed by atoms with Gasteiger partial charge in [0.15, 0.2) is 16.9 Å². The van der Waals surface area contributed by atoms with Gasteiger partial charge in [-0.2, -0.15) is 0 Å². The van der Waals surface area contributed by atoms with Gasteiger partial charge in [-0.1, -0.05) is 279 Å². The first-order valence-electron chi connectivity index (χ1n) is 43.6. The third-order valence-corrected chi connectivity index (χ3v) is 31.0. The van der Waals surface area contributed by atoms with Gasteiger partial charge in [0.1, 0.15) is 16.6 Å². The number of fused-ring (bicyclic) bond motifs is 38. The van der Waals surface area contributed by atoms with E-state index in [0.717, 1.165) is 88.4 Å². The molecule has 0 saturated heterocycles. The number of hydrogen-bond donors (Lipinski definition) is 0. The molecule has 0 N–H and O–H groups in total. The topological polar surface area (TPSA) is 95.5 Å². The maximum Gasteiger partial charge on any atom is 0.165 e. The fourth-order valence-corrected chi connectivity index (χ4v) is 25.5. The molecule has 0 saturated carbocycles. The van der Waals surface area contributed by atoms with Crippen molar-refractivity contribution in [3.8, 4) is 39.1 Å². The summed E-state index contributed by atoms with van der Waals surface area (Å²) >= 11 is 5.63. The number of aromatic nitrogens is 10. The van der Waals surface area contributed by atoms with Crippen LogP contribution in [0.4, 0.5) is 0 Å². The molecule has 129 heavy (non-hydrogen) atoms. The van der Waals surface area contributed by atoms with Gasteiger partial charge in [0.05, 0.1) is 91.3 Å². The highest BCUT2D eigenvalue weighted by Crippen LogP contribution is 2.52. The van der Waals surface area contributed by atoms with Crippen molar-refractivity contribution in [2.24, 2.45) is 0 Å². The van der Waals surface area contributed by atoms with Crippen LogP contribution >= 0.6 is 34.0 Å². The van der Waals surface area contributed by atoms with E-state index < -0.39 is 0 Å². The molecule has 13 heterocycles. The lowest BCUT2D eigenvalue weighted by atomic mass is 9.97. The van der Waals surface area contributed by atoms with Crippen molar-refractivity contribution in [3.05, 3.63) is 376 Å². The largest absolute Gasteiger partial charge is 0.309 e. The lowest BCUT2D eigenvalue weighted by molar-refractivity contribution is 1.18. The van der Waals surface area contributed by atoms with E-state index in [2.05, 4.69) is 345 Å². The molecule has 19 aromatic carbocycles. The zero-order valence-corrected chi connectivity index (χ0v) is 70.9. The zero-order valence-electron chi connectivity index (χ0n) is 68.5. The van der Waals surface area contributed by atoms with Crippen LogP contribution in [0.5, 0.6) is 0 Å². The van der Waals surface area contributed by atoms with E-state index in [1.54, 1.807) is 0 Å². The third kappa shape index (κ3) is 9.81. The molecular formula is C116H62N10S3. The average molecular weight is 1690 g/mol. The molecule has 32 rings (SSSR count). The van der Waals surface area contributed by atoms with Crippen molar-refractivity contribution >= 4 is 286 Å². The van der Waals surface area contributed by atoms with Gasteiger partial charge in [0, 0.05) is 111 Å². The molecule has 0 atom stereocenters. The summed E-state index contributed by atoms with van der Waals surface area (Å²) in [4.78, 5) is 31.1. The summed E-state index contributed by atoms with van der Waals surface area (Å²) in [6, 6.07) is 136. The van der Waals surface area contributed by atoms with Crippen LogP contribution in [0.25, 0.3) is 291 Å². The summed E-state index contributed by atoms with van der Waals surface area (Å²) in [6.07, 6.45) is 0. The van der Waals surface area contributed by atoms with Crippen LogP contribution < -0.4 is 0 Å². The van der Waals surface area contributed by atoms with Gasteiger partial charge >= 0.3 is 0 Å². The Bertz CT molecular complexity index is 10500. The highest BCUT2D eigenvalue weighted by molar-refractivity contribution is 7.27. The van der Waals surface area contributed by atoms with Crippen molar-refractivity contribution in [1.82, 2.24) is 47.7 Å². The van der Waals surface area contributed by atoms with Crippen LogP contribution in [-0.4, -0.2) is 47.7 Å². The van der Waals surface area contributed by atoms with Crippen LogP contribution in [0.2, 0.25) is 0 Å². The first-order valence-corrected chi connectivity index (χ1v) is 46.1. The summed E-state index contributed by atoms with van der Waals surface area (Å²) in [5.74, 6) is 0. The zero-order chi connectivity index (χ0) is 83.7. The molecule has 0 fully saturated rings. The quantitative estimate of drug-likeness (QED) is 0.174. The Morgan fingerprint density at radius 1 is 0.186 bits per heavy atom. The number of nitrogens with zero attached hydrogens (tertiary/aromatic N) is 10. The average Bonchev–Trinajstić information content (AvgIpc) is 1.53. The monoisotopic (exact) mass is 1690 g/mol. The molecule has 0 aliphatic heterocycles. The lowest BCUT2D eigenvalue weighted by Gasteiger charge is -2.09. The van der Waals surface area contributed by atoms with Gasteiger partial charge in [-0.15, -0.1) is 34.0 Å². The van der Waals surface area contributed by atoms with E-state index in [1.807, 2.05) is 82.5 Å². The van der Waals surface area contributed by atoms with Crippen molar-refractivity contribution in [1.29, 1.82) is 0 Å². The minimum atomic E-state index is 0.909. The Morgan fingerprint density at radius 2 is 0.558 bits per heavy atom. The predicted octanol–water partition coefficient (Wildman–Crippen LogP) is 31.8. The molecule has 0 amide bonds. The normalized spacial score (nSPS) is 12.5. The molecule has 0 radical (unpaired) electrons. The summed E-state index contributed by atoms with van der Waals surface area (Å²) in [5.41, 5.74) is 29.4. The van der Waals surface area contributed by atoms with Crippen molar-refractivity contribution in [2.45, 2.75) is 0 Å². The van der Waals surface area contributed by atoms with Crippen LogP contribution in [0.15, 0.2) is 376 Å². The van der Waals surface area contributed by atoms with Gasteiger partial charge in [0.2, 0.25) is 0 Å². The summed E-state index contributed by atoms with van der Waals surface area (Å²) in [5, 5.41) is 26.4. The van der Waals surface area contributed by atoms with E-state index in [4.69, 9.17) is 29.9 Å². The van der Waals surface area contributed by atoms with Gasteiger partial charge in [-0.25, -0.2) is 29.9 Å². The lowest BCUT2D eigenvalue weighted by Crippen LogP contribution is -1.93. The molecule has 594 valence electrons. The van der Waals surface area contributed by atoms with E-state index in [1.165, 1.54) is 203 Å². The van der Waals surface area contributed by atoms with Crippen LogP contribution in [0, 0.1) is 0 Å². The fourth-order valence-electron chi connectivity index (χ4n) is 21.7. The Labute approximate surface area is 743 Å². The molecular weight excluding hydrogens is 1630 g/mol. The summed E-state index contributed by atoms with van der Waals surface area (Å²) < 4.78 is 17.3. The van der Waals surface area contributed by atoms with Crippen molar-refractivity contribution in [3.63, 3.8) is 0 Å². The Balaban J connectivity index is 0.0000000943. The fraction of sp³-hybridized carbons (Fsp3) is 0. The maximum atomic E-state index is 5.29. The molecule has 0 aliphatic rings. The van der Waals surface area contributed by atoms with Gasteiger partial charge in [0.25, 0.3) is 0 Å². The minimum absolute atomic E-state index is 0.909. The first kappa shape index (κ1) is 69.9. The van der Waals surface area contributed by atoms with Gasteiger partial charge in [-0.05, 0) is 152 Å². The van der Waals surface area contributed by atoms with Crippen LogP contribution in [-0.2, 0) is 0 Å². The molecule has 13 heteroatoms. The number of thiophene rings is 3. The predicted molar refractivity (Wildman–Crippen MR) is 547 cm³/mol. The van der Waals surface area contributed by atoms with E-state index in [-0.39, 0.29) is 0 Å². The molecule has 0 spiro atoms. The highest BCUT2D eigenvalue weighted by Gasteiger charge is 2.29. The Morgan fingerprint density at radius 3 is 1.16 bits per heavy atom. The van der Waals surface area contributed by atoms with Crippen LogP contribution in [0.1, 0.15) is 0 Å². The first-order chi connectivity index (χ1) is 63.9. The Kier molecular flexibility index (Phi) is 14.2. The molecule has 0 unspecified atom stereocenters. The second-order valence-corrected chi connectivity index (χ2v) is 37.4. The van der Waals surface area contributed by atoms with Crippen molar-refractivity contribution in [2.75, 3.05) is 0 Å². The van der Waals surface area contributed by atoms with E-state index in [9.17, 15) is 0 Å². The summed E-state index contributed by atoms with van der Waals surface area (Å²) in [6.45, 7) is 0. The SMILES string of the molecule is c1ccc(-n2c3ccccc3c3ccc(-c4cc5c6ccc7c8ccccc8sc7c6n6c7nc8ccccc8nc7c(c4)c56)cc32)cc1.c1ccc2c(-c3ccc4c(c3)sc3c4ccc4c5cccc6c7nc8ccccc8nc7n(c56)c43)cccc2c1.c1ccc2cc(-c3ccc4c(c3)sc3c4ccc4c5cccc6c7nc8ccccc8nc7n(c56)c43)ccc2c1. The minimum Gasteiger partial charge on any atom is -0.309 e. The third-order valence-electron chi connectivity index (χ3n) is 27.4. The van der Waals surface area contributed by atoms with Gasteiger partial charge in [-0.3, -0.25) is 13.2 Å². The Hall–Kier alpha value is -16.4. The number of hydrogen-bond acceptors (Lipinski definition) is 9. The second-order valence-electron chi connectivity index (χ2n) is 34.2. The van der Waals surface area contributed by atoms with Crippen LogP contribution in [0.3, 0.4) is 0 Å². The molecule has 0 bridgehead atoms. The second kappa shape index (κ2) is 26.1. The van der Waals surface area contributed by atoms with Crippen molar-refractivity contribution < 1.29 is 0 Å². The number of rotatable bonds is 4. The smallest absolute Gasteiger partial charge is 0.165 e. The summed E-state index contributed by atoms with van der Waals surface area (Å²) in [7, 11) is 0. The highest BCUT2D eigenvalue weighted by atomic mass is 32.1. The standard InChI is InChI=1S/C44H24N4S.2C36H19N3S/c1-2-10-27(11-3-1)47-37-16-8-4-12-28(37)29-19-18-25(24-38(29)47)26-22-33-31-20-21-32-30-13-5-9-17-39(30)49-43(32)42(31)48-41(33)34(23-26)40-44(48)46-36-15-7-6-14-35(36)45-40;1-2-9-22-20(7-1)8-5-10-23(22)21-15-16-24-27-18-17-26-25-11-6-12-28-32-36(38-30-14-4-3-13-29(30)37-32)39(33(25)28)34(26)35(27)40-31(24)19-21;1-2-7-21-18-22(13-12-20(21)6-1)23-14-15-24-27-17-16-26-25-8-5-9-28-32-36(38-30-11-4-3-10-29(30)37-32)39(33(25)28)34(26)35(27)40-31(24)19-23/h1-24H;2*1-19H. The number of benzene rings is 19. The number of para-hydroxylation sites is 10. The van der Waals surface area contributed by atoms with E-state index >= 15 is 0 Å². The molecule has 13 aromatic heterocycles. The van der Waals surface area contributed by atoms with E-state index in [0.29, 0.717) is 0 Å². The molecule has 10 nitrogen and oxygen atoms in total. The molecule has 32 aromatic rings. The van der Waals surface area contributed by atoms with Gasteiger partial charge < -0.3 is 4.57 Å².